The van der Waals surface area contributed by atoms with E-state index in [1.165, 1.54) is 4.31 Å². The molecule has 1 saturated heterocycles. The maximum atomic E-state index is 13.0. The number of hydrogen-bond acceptors (Lipinski definition) is 2. The highest BCUT2D eigenvalue weighted by molar-refractivity contribution is 7.89. The molecule has 0 atom stereocenters. The van der Waals surface area contributed by atoms with Gasteiger partial charge in [0.1, 0.15) is 0 Å². The Kier molecular flexibility index (Phi) is 3.44. The van der Waals surface area contributed by atoms with E-state index in [1.807, 2.05) is 0 Å². The Morgan fingerprint density at radius 2 is 1.65 bits per heavy atom. The van der Waals surface area contributed by atoms with Gasteiger partial charge in [-0.2, -0.15) is 4.31 Å². The minimum atomic E-state index is -3.67. The fourth-order valence-corrected chi connectivity index (χ4v) is 3.42. The van der Waals surface area contributed by atoms with Gasteiger partial charge in [0.2, 0.25) is 10.0 Å². The first-order valence-electron chi connectivity index (χ1n) is 5.47. The highest BCUT2D eigenvalue weighted by Crippen LogP contribution is 2.21. The van der Waals surface area contributed by atoms with Crippen LogP contribution in [-0.4, -0.2) is 25.8 Å². The van der Waals surface area contributed by atoms with Crippen LogP contribution in [0.5, 0.6) is 0 Å². The fraction of sp³-hybridized carbons (Fsp3) is 0.455. The van der Waals surface area contributed by atoms with E-state index in [2.05, 4.69) is 0 Å². The van der Waals surface area contributed by atoms with Crippen LogP contribution in [0.1, 0.15) is 19.3 Å². The normalized spacial score (nSPS) is 18.2. The summed E-state index contributed by atoms with van der Waals surface area (Å²) in [5.41, 5.74) is 0. The Labute approximate surface area is 99.1 Å². The van der Waals surface area contributed by atoms with Gasteiger partial charge in [-0.3, -0.25) is 0 Å². The van der Waals surface area contributed by atoms with Crippen molar-refractivity contribution < 1.29 is 17.2 Å². The van der Waals surface area contributed by atoms with E-state index in [-0.39, 0.29) is 4.90 Å². The molecular weight excluding hydrogens is 248 g/mol. The van der Waals surface area contributed by atoms with E-state index in [1.54, 1.807) is 0 Å². The predicted octanol–water partition coefficient (Wildman–Crippen LogP) is 2.14. The van der Waals surface area contributed by atoms with E-state index in [9.17, 15) is 17.2 Å². The highest BCUT2D eigenvalue weighted by atomic mass is 32.2. The largest absolute Gasteiger partial charge is 0.243 e. The molecule has 3 nitrogen and oxygen atoms in total. The minimum Gasteiger partial charge on any atom is -0.207 e. The smallest absolute Gasteiger partial charge is 0.207 e. The van der Waals surface area contributed by atoms with Gasteiger partial charge in [-0.25, -0.2) is 17.2 Å². The molecule has 0 radical (unpaired) electrons. The van der Waals surface area contributed by atoms with Gasteiger partial charge in [-0.05, 0) is 31.0 Å². The van der Waals surface area contributed by atoms with Gasteiger partial charge >= 0.3 is 0 Å². The van der Waals surface area contributed by atoms with Crippen molar-refractivity contribution in [2.45, 2.75) is 24.2 Å². The van der Waals surface area contributed by atoms with Crippen molar-refractivity contribution in [1.82, 2.24) is 4.31 Å². The molecule has 0 aromatic heterocycles. The summed E-state index contributed by atoms with van der Waals surface area (Å²) in [6.45, 7) is 0.892. The lowest BCUT2D eigenvalue weighted by Gasteiger charge is -2.25. The average molecular weight is 261 g/mol. The van der Waals surface area contributed by atoms with E-state index < -0.39 is 21.7 Å². The molecule has 1 fully saturated rings. The molecule has 1 aliphatic rings. The van der Waals surface area contributed by atoms with Crippen molar-refractivity contribution in [3.8, 4) is 0 Å². The summed E-state index contributed by atoms with van der Waals surface area (Å²) in [5.74, 6) is -2.18. The number of halogens is 2. The van der Waals surface area contributed by atoms with Crippen LogP contribution in [0.15, 0.2) is 23.1 Å². The third-order valence-corrected chi connectivity index (χ3v) is 4.74. The number of piperidine rings is 1. The Morgan fingerprint density at radius 1 is 1.00 bits per heavy atom. The van der Waals surface area contributed by atoms with Crippen molar-refractivity contribution in [2.75, 3.05) is 13.1 Å². The van der Waals surface area contributed by atoms with Crippen LogP contribution < -0.4 is 0 Å². The fourth-order valence-electron chi connectivity index (χ4n) is 1.89. The van der Waals surface area contributed by atoms with E-state index in [0.717, 1.165) is 37.5 Å². The Morgan fingerprint density at radius 3 is 2.24 bits per heavy atom. The topological polar surface area (TPSA) is 37.4 Å². The van der Waals surface area contributed by atoms with Crippen LogP contribution >= 0.6 is 0 Å². The molecule has 0 amide bonds. The van der Waals surface area contributed by atoms with Crippen LogP contribution in [0.4, 0.5) is 8.78 Å². The van der Waals surface area contributed by atoms with Crippen molar-refractivity contribution in [3.05, 3.63) is 29.8 Å². The molecule has 0 spiro atoms. The maximum Gasteiger partial charge on any atom is 0.243 e. The van der Waals surface area contributed by atoms with Crippen LogP contribution in [0.2, 0.25) is 0 Å². The van der Waals surface area contributed by atoms with Gasteiger partial charge in [0, 0.05) is 13.1 Å². The van der Waals surface area contributed by atoms with Crippen molar-refractivity contribution in [1.29, 1.82) is 0 Å². The molecule has 0 saturated carbocycles. The SMILES string of the molecule is O=S(=O)(c1ccc(F)c(F)c1)N1CCCCC1. The quantitative estimate of drug-likeness (QED) is 0.818. The molecule has 1 aromatic rings. The number of sulfonamides is 1. The minimum absolute atomic E-state index is 0.182. The molecule has 17 heavy (non-hydrogen) atoms. The van der Waals surface area contributed by atoms with Crippen molar-refractivity contribution in [2.24, 2.45) is 0 Å². The number of benzene rings is 1. The van der Waals surface area contributed by atoms with Gasteiger partial charge < -0.3 is 0 Å². The molecule has 1 aliphatic heterocycles. The summed E-state index contributed by atoms with van der Waals surface area (Å²) in [6, 6.07) is 2.67. The highest BCUT2D eigenvalue weighted by Gasteiger charge is 2.26. The maximum absolute atomic E-state index is 13.0. The van der Waals surface area contributed by atoms with Crippen LogP contribution in [0, 0.1) is 11.6 Å². The molecule has 1 aromatic carbocycles. The summed E-state index contributed by atoms with van der Waals surface area (Å²) in [6.07, 6.45) is 2.62. The molecular formula is C11H13F2NO2S. The Hall–Kier alpha value is -1.01. The first kappa shape index (κ1) is 12.4. The standard InChI is InChI=1S/C11H13F2NO2S/c12-10-5-4-9(8-11(10)13)17(15,16)14-6-2-1-3-7-14/h4-5,8H,1-3,6-7H2. The zero-order valence-corrected chi connectivity index (χ0v) is 10.0. The predicted molar refractivity (Wildman–Crippen MR) is 59.0 cm³/mol. The zero-order valence-electron chi connectivity index (χ0n) is 9.20. The Bertz CT molecular complexity index is 510. The van der Waals surface area contributed by atoms with Crippen molar-refractivity contribution in [3.63, 3.8) is 0 Å². The van der Waals surface area contributed by atoms with Crippen LogP contribution in [0.3, 0.4) is 0 Å². The molecule has 1 heterocycles. The van der Waals surface area contributed by atoms with Gasteiger partial charge in [0.15, 0.2) is 11.6 Å². The molecule has 0 unspecified atom stereocenters. The van der Waals surface area contributed by atoms with E-state index in [4.69, 9.17) is 0 Å². The second kappa shape index (κ2) is 4.70. The average Bonchev–Trinajstić information content (AvgIpc) is 2.33. The summed E-state index contributed by atoms with van der Waals surface area (Å²) in [4.78, 5) is -0.182. The third-order valence-electron chi connectivity index (χ3n) is 2.84. The first-order chi connectivity index (χ1) is 8.01. The second-order valence-electron chi connectivity index (χ2n) is 4.04. The lowest BCUT2D eigenvalue weighted by Crippen LogP contribution is -2.35. The molecule has 0 N–H and O–H groups in total. The summed E-state index contributed by atoms with van der Waals surface area (Å²) in [7, 11) is -3.67. The van der Waals surface area contributed by atoms with E-state index in [0.29, 0.717) is 13.1 Å². The van der Waals surface area contributed by atoms with E-state index >= 15 is 0 Å². The van der Waals surface area contributed by atoms with Crippen molar-refractivity contribution >= 4 is 10.0 Å². The summed E-state index contributed by atoms with van der Waals surface area (Å²) >= 11 is 0. The molecule has 94 valence electrons. The lowest BCUT2D eigenvalue weighted by molar-refractivity contribution is 0.346. The molecule has 2 rings (SSSR count). The van der Waals surface area contributed by atoms with Crippen LogP contribution in [0.25, 0.3) is 0 Å². The molecule has 0 aliphatic carbocycles. The van der Waals surface area contributed by atoms with Gasteiger partial charge in [0.05, 0.1) is 4.90 Å². The van der Waals surface area contributed by atoms with Gasteiger partial charge in [0.25, 0.3) is 0 Å². The zero-order chi connectivity index (χ0) is 12.5. The van der Waals surface area contributed by atoms with Gasteiger partial charge in [-0.15, -0.1) is 0 Å². The number of rotatable bonds is 2. The third kappa shape index (κ3) is 2.47. The number of nitrogens with zero attached hydrogens (tertiary/aromatic N) is 1. The first-order valence-corrected chi connectivity index (χ1v) is 6.91. The van der Waals surface area contributed by atoms with Gasteiger partial charge in [-0.1, -0.05) is 6.42 Å². The molecule has 6 heteroatoms. The summed E-state index contributed by atoms with van der Waals surface area (Å²) in [5, 5.41) is 0. The summed E-state index contributed by atoms with van der Waals surface area (Å²) < 4.78 is 51.3. The van der Waals surface area contributed by atoms with Crippen LogP contribution in [-0.2, 0) is 10.0 Å². The monoisotopic (exact) mass is 261 g/mol. The second-order valence-corrected chi connectivity index (χ2v) is 5.98. The number of hydrogen-bond donors (Lipinski definition) is 0. The molecule has 0 bridgehead atoms. The Balaban J connectivity index is 2.33. The lowest BCUT2D eigenvalue weighted by atomic mass is 10.2.